The van der Waals surface area contributed by atoms with Crippen LogP contribution < -0.4 is 16.4 Å². The molecule has 10 N–H and O–H groups in total. The lowest BCUT2D eigenvalue weighted by molar-refractivity contribution is -0.137. The van der Waals surface area contributed by atoms with Gasteiger partial charge in [0.25, 0.3) is 0 Å². The van der Waals surface area contributed by atoms with Crippen molar-refractivity contribution in [2.24, 2.45) is 11.3 Å². The Hall–Kier alpha value is -2.11. The number of nitrogen functional groups attached to an aromatic ring is 1. The number of fused-ring (bicyclic) bond motifs is 1. The van der Waals surface area contributed by atoms with Crippen LogP contribution in [-0.2, 0) is 45.9 Å². The van der Waals surface area contributed by atoms with Gasteiger partial charge in [-0.15, -0.1) is 0 Å². The average molecular weight is 838 g/mol. The predicted octanol–water partition coefficient (Wildman–Crippen LogP) is 0.184. The Morgan fingerprint density at radius 3 is 2.40 bits per heavy atom. The number of imidazole rings is 1. The van der Waals surface area contributed by atoms with E-state index < -0.39 is 78.6 Å². The van der Waals surface area contributed by atoms with Gasteiger partial charge >= 0.3 is 23.5 Å². The third kappa shape index (κ3) is 14.2. The predicted molar refractivity (Wildman–Crippen MR) is 186 cm³/mol. The average Bonchev–Trinajstić information content (AvgIpc) is 3.60. The van der Waals surface area contributed by atoms with E-state index in [-0.39, 0.29) is 35.9 Å². The molecule has 0 spiro atoms. The van der Waals surface area contributed by atoms with Crippen LogP contribution in [0.4, 0.5) is 5.82 Å². The minimum absolute atomic E-state index is 0.0339. The van der Waals surface area contributed by atoms with Crippen molar-refractivity contribution in [3.63, 3.8) is 0 Å². The lowest BCUT2D eigenvalue weighted by atomic mass is 9.87. The second-order valence-electron chi connectivity index (χ2n) is 12.9. The highest BCUT2D eigenvalue weighted by molar-refractivity contribution is 7.99. The van der Waals surface area contributed by atoms with Gasteiger partial charge in [0.15, 0.2) is 17.7 Å². The molecule has 0 bridgehead atoms. The summed E-state index contributed by atoms with van der Waals surface area (Å²) in [4.78, 5) is 75.4. The van der Waals surface area contributed by atoms with E-state index in [0.29, 0.717) is 12.5 Å². The van der Waals surface area contributed by atoms with Crippen molar-refractivity contribution < 1.29 is 75.7 Å². The number of aliphatic hydroxyl groups is 2. The highest BCUT2D eigenvalue weighted by atomic mass is 32.2. The number of hydrogen-bond acceptors (Lipinski definition) is 17. The number of ether oxygens (including phenoxy) is 1. The molecule has 302 valence electrons. The molecule has 2 aromatic heterocycles. The summed E-state index contributed by atoms with van der Waals surface area (Å²) in [6.07, 6.45) is -5.62. The number of carbonyl (C=O) groups is 2. The van der Waals surface area contributed by atoms with Gasteiger partial charge in [-0.2, -0.15) is 16.1 Å². The summed E-state index contributed by atoms with van der Waals surface area (Å²) in [7, 11) is -16.3. The number of aliphatic hydroxyl groups excluding tert-OH is 2. The normalized spacial score (nSPS) is 22.4. The van der Waals surface area contributed by atoms with Crippen LogP contribution in [0.5, 0.6) is 0 Å². The molecule has 3 rings (SSSR count). The van der Waals surface area contributed by atoms with E-state index in [9.17, 15) is 53.1 Å². The van der Waals surface area contributed by atoms with Gasteiger partial charge in [-0.1, -0.05) is 27.7 Å². The van der Waals surface area contributed by atoms with Gasteiger partial charge in [0, 0.05) is 30.7 Å². The molecule has 0 saturated carbocycles. The number of amides is 2. The molecular weight excluding hydrogens is 791 g/mol. The SMILES string of the molecule is CC(C)CCSCCNC(=O)CCNC(=O)C(O)C(C)(C)COP(=O)(O)OP(=O)(O)OCC1OC(n2cnc3c(N)ncnc32)C(O)C1OP(=O)(O)O. The van der Waals surface area contributed by atoms with Crippen LogP contribution in [0.3, 0.4) is 0 Å². The molecule has 7 unspecified atom stereocenters. The molecule has 1 fully saturated rings. The van der Waals surface area contributed by atoms with Crippen molar-refractivity contribution in [1.29, 1.82) is 0 Å². The zero-order valence-corrected chi connectivity index (χ0v) is 32.7. The summed E-state index contributed by atoms with van der Waals surface area (Å²) >= 11 is 1.71. The summed E-state index contributed by atoms with van der Waals surface area (Å²) in [5, 5.41) is 26.5. The molecule has 1 aliphatic rings. The number of carbonyl (C=O) groups excluding carboxylic acids is 2. The number of anilines is 1. The number of aromatic nitrogens is 4. The topological polar surface area (TPSA) is 347 Å². The Labute approximate surface area is 308 Å². The quantitative estimate of drug-likeness (QED) is 0.0564. The molecule has 2 aromatic rings. The molecular formula is C26H46N7O16P3S. The number of phosphoric acid groups is 3. The maximum atomic E-state index is 12.7. The zero-order chi connectivity index (χ0) is 39.8. The Kier molecular flexibility index (Phi) is 16.4. The lowest BCUT2D eigenvalue weighted by Gasteiger charge is -2.30. The van der Waals surface area contributed by atoms with Crippen LogP contribution in [0.25, 0.3) is 11.2 Å². The fourth-order valence-corrected chi connectivity index (χ4v) is 8.54. The number of nitrogens with one attached hydrogen (secondary N) is 2. The fourth-order valence-electron chi connectivity index (χ4n) is 4.62. The van der Waals surface area contributed by atoms with Gasteiger partial charge in [-0.3, -0.25) is 27.7 Å². The van der Waals surface area contributed by atoms with Crippen LogP contribution in [0, 0.1) is 11.3 Å². The molecule has 53 heavy (non-hydrogen) atoms. The number of nitrogens with zero attached hydrogens (tertiary/aromatic N) is 4. The molecule has 1 saturated heterocycles. The first-order valence-electron chi connectivity index (χ1n) is 16.0. The number of thioether (sulfide) groups is 1. The van der Waals surface area contributed by atoms with E-state index in [4.69, 9.17) is 19.5 Å². The Balaban J connectivity index is 1.51. The van der Waals surface area contributed by atoms with Crippen molar-refractivity contribution in [3.8, 4) is 0 Å². The molecule has 1 aliphatic heterocycles. The minimum atomic E-state index is -5.54. The number of hydrogen-bond donors (Lipinski definition) is 9. The van der Waals surface area contributed by atoms with Crippen molar-refractivity contribution in [1.82, 2.24) is 30.2 Å². The first-order valence-corrected chi connectivity index (χ1v) is 21.7. The summed E-state index contributed by atoms with van der Waals surface area (Å²) in [6.45, 7) is 5.18. The largest absolute Gasteiger partial charge is 0.481 e. The summed E-state index contributed by atoms with van der Waals surface area (Å²) in [5.41, 5.74) is 4.32. The van der Waals surface area contributed by atoms with E-state index in [2.05, 4.69) is 48.3 Å². The smallest absolute Gasteiger partial charge is 0.386 e. The van der Waals surface area contributed by atoms with E-state index in [1.165, 1.54) is 13.8 Å². The van der Waals surface area contributed by atoms with E-state index >= 15 is 0 Å². The van der Waals surface area contributed by atoms with Gasteiger partial charge < -0.3 is 50.9 Å². The zero-order valence-electron chi connectivity index (χ0n) is 29.2. The second-order valence-corrected chi connectivity index (χ2v) is 18.3. The maximum absolute atomic E-state index is 12.7. The lowest BCUT2D eigenvalue weighted by Crippen LogP contribution is -2.46. The fraction of sp³-hybridized carbons (Fsp3) is 0.731. The van der Waals surface area contributed by atoms with E-state index in [1.54, 1.807) is 11.8 Å². The van der Waals surface area contributed by atoms with Crippen molar-refractivity contribution >= 4 is 64.0 Å². The first kappa shape index (κ1) is 45.3. The van der Waals surface area contributed by atoms with Crippen molar-refractivity contribution in [2.45, 2.75) is 71.2 Å². The van der Waals surface area contributed by atoms with Crippen molar-refractivity contribution in [2.75, 3.05) is 43.5 Å². The first-order chi connectivity index (χ1) is 24.5. The van der Waals surface area contributed by atoms with Crippen molar-refractivity contribution in [3.05, 3.63) is 12.7 Å². The molecule has 0 aliphatic carbocycles. The summed E-state index contributed by atoms with van der Waals surface area (Å²) in [5.74, 6) is 1.04. The highest BCUT2D eigenvalue weighted by Gasteiger charge is 2.50. The van der Waals surface area contributed by atoms with E-state index in [1.807, 2.05) is 0 Å². The van der Waals surface area contributed by atoms with Crippen LogP contribution in [0.15, 0.2) is 12.7 Å². The van der Waals surface area contributed by atoms with E-state index in [0.717, 1.165) is 35.1 Å². The molecule has 0 radical (unpaired) electrons. The summed E-state index contributed by atoms with van der Waals surface area (Å²) < 4.78 is 62.1. The number of phosphoric ester groups is 3. The molecule has 2 amide bonds. The number of nitrogens with two attached hydrogens (primary N) is 1. The van der Waals surface area contributed by atoms with Gasteiger partial charge in [-0.25, -0.2) is 28.6 Å². The Morgan fingerprint density at radius 2 is 1.74 bits per heavy atom. The van der Waals surface area contributed by atoms with Gasteiger partial charge in [0.1, 0.15) is 36.3 Å². The van der Waals surface area contributed by atoms with Gasteiger partial charge in [0.2, 0.25) is 11.8 Å². The maximum Gasteiger partial charge on any atom is 0.481 e. The molecule has 0 aromatic carbocycles. The third-order valence-electron chi connectivity index (χ3n) is 7.49. The molecule has 27 heteroatoms. The Morgan fingerprint density at radius 1 is 1.06 bits per heavy atom. The monoisotopic (exact) mass is 837 g/mol. The van der Waals surface area contributed by atoms with Crippen LogP contribution in [-0.4, -0.2) is 123 Å². The van der Waals surface area contributed by atoms with Crippen LogP contribution in [0.1, 0.15) is 46.8 Å². The standard InChI is InChI=1S/C26H46N7O16P3S/c1-15(2)6-9-53-10-8-28-17(34)5-7-29-24(37)21(36)26(3,4)12-46-52(43,44)49-51(41,42)45-11-16-20(48-50(38,39)40)19(35)25(47-16)33-14-32-18-22(27)30-13-31-23(18)33/h13-16,19-21,25,35-36H,5-12H2,1-4H3,(H,28,34)(H,29,37)(H,41,42)(H,43,44)(H2,27,30,31)(H2,38,39,40). The summed E-state index contributed by atoms with van der Waals surface area (Å²) in [6, 6.07) is 0. The highest BCUT2D eigenvalue weighted by Crippen LogP contribution is 2.61. The minimum Gasteiger partial charge on any atom is -0.386 e. The third-order valence-corrected chi connectivity index (χ3v) is 11.6. The van der Waals surface area contributed by atoms with Crippen LogP contribution in [0.2, 0.25) is 0 Å². The van der Waals surface area contributed by atoms with Crippen LogP contribution >= 0.6 is 35.2 Å². The molecule has 3 heterocycles. The molecule has 23 nitrogen and oxygen atoms in total. The van der Waals surface area contributed by atoms with Gasteiger partial charge in [-0.05, 0) is 18.1 Å². The number of rotatable bonds is 22. The Bertz CT molecular complexity index is 1700. The molecule has 7 atom stereocenters. The second kappa shape index (κ2) is 19.2. The van der Waals surface area contributed by atoms with Gasteiger partial charge in [0.05, 0.1) is 19.5 Å².